The molecule has 4 nitrogen and oxygen atoms in total. The quantitative estimate of drug-likeness (QED) is 0.840. The molecular weight excluding hydrogens is 288 g/mol. The maximum Gasteiger partial charge on any atom is 0.250 e. The van der Waals surface area contributed by atoms with E-state index in [0.29, 0.717) is 0 Å². The largest absolute Gasteiger partial charge is 0.344 e. The fourth-order valence-corrected chi connectivity index (χ4v) is 5.57. The van der Waals surface area contributed by atoms with Crippen molar-refractivity contribution in [2.24, 2.45) is 23.7 Å². The van der Waals surface area contributed by atoms with Crippen LogP contribution in [0.5, 0.6) is 0 Å². The maximum absolute atomic E-state index is 13.2. The molecule has 0 aliphatic heterocycles. The Morgan fingerprint density at radius 1 is 1.04 bits per heavy atom. The third-order valence-corrected chi connectivity index (χ3v) is 6.41. The van der Waals surface area contributed by atoms with Gasteiger partial charge in [-0.2, -0.15) is 0 Å². The highest BCUT2D eigenvalue weighted by atomic mass is 16.2. The second kappa shape index (κ2) is 5.36. The lowest BCUT2D eigenvalue weighted by Crippen LogP contribution is -2.70. The van der Waals surface area contributed by atoms with Gasteiger partial charge in [-0.05, 0) is 74.8 Å². The lowest BCUT2D eigenvalue weighted by atomic mass is 9.48. The topological polar surface area (TPSA) is 58.2 Å². The minimum Gasteiger partial charge on any atom is -0.344 e. The van der Waals surface area contributed by atoms with Gasteiger partial charge in [-0.25, -0.2) is 0 Å². The van der Waals surface area contributed by atoms with Gasteiger partial charge < -0.3 is 10.6 Å². The van der Waals surface area contributed by atoms with Crippen LogP contribution in [0, 0.1) is 30.6 Å². The normalized spacial score (nSPS) is 37.4. The number of hydrogen-bond acceptors (Lipinski definition) is 2. The molecule has 1 aromatic carbocycles. The van der Waals surface area contributed by atoms with Crippen LogP contribution in [-0.2, 0) is 9.59 Å². The van der Waals surface area contributed by atoms with Crippen molar-refractivity contribution in [3.8, 4) is 0 Å². The summed E-state index contributed by atoms with van der Waals surface area (Å²) in [6.07, 6.45) is 6.37. The summed E-state index contributed by atoms with van der Waals surface area (Å²) in [6.45, 7) is 2.03. The van der Waals surface area contributed by atoms with Gasteiger partial charge in [0.25, 0.3) is 5.91 Å². The van der Waals surface area contributed by atoms with Crippen LogP contribution in [0.15, 0.2) is 24.3 Å². The summed E-state index contributed by atoms with van der Waals surface area (Å²) in [5.41, 5.74) is 1.26. The molecule has 4 aliphatic carbocycles. The molecule has 5 rings (SSSR count). The molecule has 4 heteroatoms. The van der Waals surface area contributed by atoms with Gasteiger partial charge in [-0.15, -0.1) is 0 Å². The molecule has 4 fully saturated rings. The Hall–Kier alpha value is -1.84. The van der Waals surface area contributed by atoms with Crippen LogP contribution in [0.1, 0.15) is 37.7 Å². The Labute approximate surface area is 137 Å². The van der Waals surface area contributed by atoms with Crippen LogP contribution in [0.4, 0.5) is 5.69 Å². The highest BCUT2D eigenvalue weighted by molar-refractivity contribution is 6.00. The van der Waals surface area contributed by atoms with Gasteiger partial charge in [0.2, 0.25) is 6.41 Å². The fraction of sp³-hybridized carbons (Fsp3) is 0.579. The number of benzene rings is 1. The molecule has 0 unspecified atom stereocenters. The van der Waals surface area contributed by atoms with Gasteiger partial charge in [0.15, 0.2) is 0 Å². The smallest absolute Gasteiger partial charge is 0.250 e. The van der Waals surface area contributed by atoms with Crippen molar-refractivity contribution in [1.29, 1.82) is 0 Å². The summed E-state index contributed by atoms with van der Waals surface area (Å²) in [6, 6.07) is 7.84. The number of hydrogen-bond donors (Lipinski definition) is 2. The molecule has 0 saturated heterocycles. The summed E-state index contributed by atoms with van der Waals surface area (Å²) in [5, 5.41) is 6.04. The fourth-order valence-electron chi connectivity index (χ4n) is 5.57. The van der Waals surface area contributed by atoms with Gasteiger partial charge in [-0.3, -0.25) is 9.59 Å². The van der Waals surface area contributed by atoms with E-state index in [-0.39, 0.29) is 17.7 Å². The molecule has 4 aliphatic rings. The van der Waals surface area contributed by atoms with Crippen LogP contribution in [-0.4, -0.2) is 17.9 Å². The lowest BCUT2D eigenvalue weighted by molar-refractivity contribution is -0.144. The average Bonchev–Trinajstić information content (AvgIpc) is 2.52. The summed E-state index contributed by atoms with van der Waals surface area (Å²) < 4.78 is 0. The second-order valence-electron chi connectivity index (χ2n) is 7.76. The molecule has 0 spiro atoms. The zero-order valence-electron chi connectivity index (χ0n) is 13.5. The van der Waals surface area contributed by atoms with Gasteiger partial charge in [0, 0.05) is 5.69 Å². The van der Waals surface area contributed by atoms with Crippen molar-refractivity contribution in [2.45, 2.75) is 44.6 Å². The molecule has 4 bridgehead atoms. The van der Waals surface area contributed by atoms with Crippen molar-refractivity contribution in [2.75, 3.05) is 5.32 Å². The highest BCUT2D eigenvalue weighted by Gasteiger charge is 2.61. The minimum atomic E-state index is -0.708. The Balaban J connectivity index is 1.63. The zero-order chi connectivity index (χ0) is 16.0. The van der Waals surface area contributed by atoms with Gasteiger partial charge in [0.05, 0.1) is 0 Å². The third-order valence-electron chi connectivity index (χ3n) is 6.41. The van der Waals surface area contributed by atoms with E-state index in [0.717, 1.165) is 49.6 Å². The van der Waals surface area contributed by atoms with E-state index < -0.39 is 5.54 Å². The van der Waals surface area contributed by atoms with E-state index in [1.54, 1.807) is 0 Å². The molecule has 0 heterocycles. The number of aryl methyl sites for hydroxylation is 1. The van der Waals surface area contributed by atoms with Gasteiger partial charge in [-0.1, -0.05) is 17.7 Å². The van der Waals surface area contributed by atoms with Crippen LogP contribution in [0.2, 0.25) is 0 Å². The Bertz CT molecular complexity index is 595. The van der Waals surface area contributed by atoms with E-state index in [1.807, 2.05) is 31.2 Å². The number of rotatable bonds is 4. The van der Waals surface area contributed by atoms with Crippen molar-refractivity contribution in [3.05, 3.63) is 29.8 Å². The van der Waals surface area contributed by atoms with E-state index in [2.05, 4.69) is 10.6 Å². The first-order chi connectivity index (χ1) is 11.1. The molecule has 0 atom stereocenters. The van der Waals surface area contributed by atoms with E-state index in [9.17, 15) is 9.59 Å². The number of carbonyl (C=O) groups is 2. The van der Waals surface area contributed by atoms with E-state index in [1.165, 1.54) is 12.0 Å². The summed E-state index contributed by atoms with van der Waals surface area (Å²) in [5.74, 6) is 2.06. The molecule has 0 aromatic heterocycles. The van der Waals surface area contributed by atoms with Crippen LogP contribution in [0.3, 0.4) is 0 Å². The molecule has 4 saturated carbocycles. The predicted molar refractivity (Wildman–Crippen MR) is 88.8 cm³/mol. The SMILES string of the molecule is Cc1ccc(NC(=O)C2(NC=O)C3CC4CC(C3)CC2C4)cc1. The summed E-state index contributed by atoms with van der Waals surface area (Å²) >= 11 is 0. The van der Waals surface area contributed by atoms with Gasteiger partial charge in [0.1, 0.15) is 5.54 Å². The molecule has 2 amide bonds. The van der Waals surface area contributed by atoms with Gasteiger partial charge >= 0.3 is 0 Å². The Morgan fingerprint density at radius 2 is 1.61 bits per heavy atom. The average molecular weight is 312 g/mol. The van der Waals surface area contributed by atoms with Crippen LogP contribution < -0.4 is 10.6 Å². The molecule has 2 N–H and O–H groups in total. The number of nitrogens with one attached hydrogen (secondary N) is 2. The molecular formula is C19H24N2O2. The number of amides is 2. The highest BCUT2D eigenvalue weighted by Crippen LogP contribution is 2.58. The number of anilines is 1. The van der Waals surface area contributed by atoms with Crippen molar-refractivity contribution < 1.29 is 9.59 Å². The second-order valence-corrected chi connectivity index (χ2v) is 7.76. The lowest BCUT2D eigenvalue weighted by Gasteiger charge is -2.59. The molecule has 0 radical (unpaired) electrons. The molecule has 23 heavy (non-hydrogen) atoms. The third kappa shape index (κ3) is 2.27. The minimum absolute atomic E-state index is 0.0257. The van der Waals surface area contributed by atoms with Crippen molar-refractivity contribution in [3.63, 3.8) is 0 Å². The standard InChI is InChI=1S/C19H24N2O2/c1-12-2-4-17(5-3-12)21-18(23)19(20-11-22)15-7-13-6-14(9-15)10-16(19)8-13/h2-5,11,13-16H,6-10H2,1H3,(H,20,22)(H,21,23). The predicted octanol–water partition coefficient (Wildman–Crippen LogP) is 2.87. The zero-order valence-corrected chi connectivity index (χ0v) is 13.5. The maximum atomic E-state index is 13.2. The monoisotopic (exact) mass is 312 g/mol. The molecule has 122 valence electrons. The first-order valence-corrected chi connectivity index (χ1v) is 8.71. The Kier molecular flexibility index (Phi) is 3.43. The van der Waals surface area contributed by atoms with E-state index >= 15 is 0 Å². The van der Waals surface area contributed by atoms with Crippen molar-refractivity contribution >= 4 is 18.0 Å². The first kappa shape index (κ1) is 14.7. The summed E-state index contributed by atoms with van der Waals surface area (Å²) in [4.78, 5) is 24.5. The van der Waals surface area contributed by atoms with Crippen molar-refractivity contribution in [1.82, 2.24) is 5.32 Å². The molecule has 1 aromatic rings. The van der Waals surface area contributed by atoms with E-state index in [4.69, 9.17) is 0 Å². The first-order valence-electron chi connectivity index (χ1n) is 8.71. The number of carbonyl (C=O) groups excluding carboxylic acids is 2. The summed E-state index contributed by atoms with van der Waals surface area (Å²) in [7, 11) is 0. The Morgan fingerprint density at radius 3 is 2.13 bits per heavy atom. The van der Waals surface area contributed by atoms with Crippen LogP contribution >= 0.6 is 0 Å². The van der Waals surface area contributed by atoms with Crippen LogP contribution in [0.25, 0.3) is 0 Å².